The molecule has 2 aliphatic rings. The van der Waals surface area contributed by atoms with Crippen LogP contribution in [0, 0.1) is 5.82 Å². The average Bonchev–Trinajstić information content (AvgIpc) is 3.16. The first-order chi connectivity index (χ1) is 17.2. The van der Waals surface area contributed by atoms with E-state index in [9.17, 15) is 9.18 Å². The van der Waals surface area contributed by atoms with Crippen molar-refractivity contribution < 1.29 is 9.18 Å². The molecule has 174 valence electrons. The second kappa shape index (κ2) is 9.03. The minimum atomic E-state index is -0.211. The Morgan fingerprint density at radius 3 is 2.46 bits per heavy atom. The molecule has 2 aliphatic heterocycles. The van der Waals surface area contributed by atoms with Crippen LogP contribution in [-0.2, 0) is 6.54 Å². The molecule has 2 bridgehead atoms. The maximum Gasteiger partial charge on any atom is 0.318 e. The highest BCUT2D eigenvalue weighted by atomic mass is 19.1. The van der Waals surface area contributed by atoms with Crippen molar-refractivity contribution in [2.24, 2.45) is 0 Å². The van der Waals surface area contributed by atoms with E-state index in [0.29, 0.717) is 12.1 Å². The van der Waals surface area contributed by atoms with E-state index in [1.807, 2.05) is 59.5 Å². The molecule has 0 saturated carbocycles. The number of carbonyl (C=O) groups excluding carboxylic acids is 1. The summed E-state index contributed by atoms with van der Waals surface area (Å²) >= 11 is 0. The number of nitrogens with one attached hydrogen (secondary N) is 1. The Balaban J connectivity index is 1.16. The first-order valence-corrected chi connectivity index (χ1v) is 12.3. The lowest BCUT2D eigenvalue weighted by Gasteiger charge is -2.34. The molecule has 1 fully saturated rings. The molecule has 1 saturated heterocycles. The average molecular weight is 463 g/mol. The Morgan fingerprint density at radius 1 is 0.857 bits per heavy atom. The summed E-state index contributed by atoms with van der Waals surface area (Å²) in [5.74, 6) is -0.211. The Labute approximate surface area is 204 Å². The molecule has 35 heavy (non-hydrogen) atoms. The van der Waals surface area contributed by atoms with Gasteiger partial charge in [0.05, 0.1) is 6.04 Å². The maximum atomic E-state index is 15.0. The SMILES string of the molecule is O=C(NCc1ccc2ccccc2c1)N1C2C=C(c3ccc(-c4ccccc4)c(F)c3)CC1CC2. The minimum Gasteiger partial charge on any atom is -0.334 e. The van der Waals surface area contributed by atoms with Gasteiger partial charge in [-0.1, -0.05) is 84.9 Å². The van der Waals surface area contributed by atoms with Gasteiger partial charge in [0.25, 0.3) is 0 Å². The van der Waals surface area contributed by atoms with Crippen LogP contribution < -0.4 is 5.32 Å². The predicted octanol–water partition coefficient (Wildman–Crippen LogP) is 7.18. The summed E-state index contributed by atoms with van der Waals surface area (Å²) in [6.45, 7) is 0.502. The lowest BCUT2D eigenvalue weighted by molar-refractivity contribution is 0.179. The monoisotopic (exact) mass is 462 g/mol. The van der Waals surface area contributed by atoms with Crippen molar-refractivity contribution >= 4 is 22.4 Å². The van der Waals surface area contributed by atoms with Gasteiger partial charge in [0, 0.05) is 18.2 Å². The number of amides is 2. The van der Waals surface area contributed by atoms with Crippen molar-refractivity contribution in [2.75, 3.05) is 0 Å². The number of benzene rings is 4. The molecule has 0 aliphatic carbocycles. The summed E-state index contributed by atoms with van der Waals surface area (Å²) in [6.07, 6.45) is 4.83. The largest absolute Gasteiger partial charge is 0.334 e. The summed E-state index contributed by atoms with van der Waals surface area (Å²) in [6, 6.07) is 29.8. The summed E-state index contributed by atoms with van der Waals surface area (Å²) in [5, 5.41) is 5.49. The van der Waals surface area contributed by atoms with Gasteiger partial charge in [-0.2, -0.15) is 0 Å². The Kier molecular flexibility index (Phi) is 5.57. The van der Waals surface area contributed by atoms with E-state index in [4.69, 9.17) is 0 Å². The van der Waals surface area contributed by atoms with Gasteiger partial charge in [-0.05, 0) is 64.4 Å². The summed E-state index contributed by atoms with van der Waals surface area (Å²) in [5.41, 5.74) is 4.63. The van der Waals surface area contributed by atoms with E-state index in [1.165, 1.54) is 10.8 Å². The molecule has 2 unspecified atom stereocenters. The molecule has 4 aromatic carbocycles. The van der Waals surface area contributed by atoms with Crippen LogP contribution in [-0.4, -0.2) is 23.0 Å². The third kappa shape index (κ3) is 4.21. The second-order valence-corrected chi connectivity index (χ2v) is 9.50. The predicted molar refractivity (Wildman–Crippen MR) is 139 cm³/mol. The Morgan fingerprint density at radius 2 is 1.66 bits per heavy atom. The van der Waals surface area contributed by atoms with Gasteiger partial charge in [0.2, 0.25) is 0 Å². The van der Waals surface area contributed by atoms with Crippen molar-refractivity contribution in [3.05, 3.63) is 114 Å². The molecular formula is C31H27FN2O. The van der Waals surface area contributed by atoms with Crippen molar-refractivity contribution in [1.82, 2.24) is 10.2 Å². The lowest BCUT2D eigenvalue weighted by atomic mass is 9.93. The normalized spacial score (nSPS) is 19.0. The number of urea groups is 1. The highest BCUT2D eigenvalue weighted by Crippen LogP contribution is 2.39. The molecule has 4 heteroatoms. The molecule has 1 N–H and O–H groups in total. The molecule has 0 aromatic heterocycles. The zero-order valence-corrected chi connectivity index (χ0v) is 19.5. The number of hydrogen-bond donors (Lipinski definition) is 1. The van der Waals surface area contributed by atoms with Crippen LogP contribution in [0.15, 0.2) is 97.1 Å². The molecule has 0 radical (unpaired) electrons. The third-order valence-corrected chi connectivity index (χ3v) is 7.31. The number of rotatable bonds is 4. The van der Waals surface area contributed by atoms with Gasteiger partial charge in [0.15, 0.2) is 0 Å². The zero-order valence-electron chi connectivity index (χ0n) is 19.5. The highest BCUT2D eigenvalue weighted by molar-refractivity contribution is 5.83. The number of nitrogens with zero attached hydrogens (tertiary/aromatic N) is 1. The molecule has 0 spiro atoms. The van der Waals surface area contributed by atoms with Gasteiger partial charge in [-0.3, -0.25) is 0 Å². The van der Waals surface area contributed by atoms with Gasteiger partial charge < -0.3 is 10.2 Å². The van der Waals surface area contributed by atoms with Crippen LogP contribution in [0.1, 0.15) is 30.4 Å². The van der Waals surface area contributed by atoms with Crippen LogP contribution in [0.3, 0.4) is 0 Å². The Bertz CT molecular complexity index is 1430. The number of fused-ring (bicyclic) bond motifs is 3. The van der Waals surface area contributed by atoms with Crippen molar-refractivity contribution in [3.63, 3.8) is 0 Å². The van der Waals surface area contributed by atoms with E-state index in [1.54, 1.807) is 6.07 Å². The zero-order chi connectivity index (χ0) is 23.8. The third-order valence-electron chi connectivity index (χ3n) is 7.31. The molecule has 2 atom stereocenters. The van der Waals surface area contributed by atoms with Crippen LogP contribution >= 0.6 is 0 Å². The van der Waals surface area contributed by atoms with E-state index in [2.05, 4.69) is 41.7 Å². The Hall–Kier alpha value is -3.92. The first kappa shape index (κ1) is 21.6. The smallest absolute Gasteiger partial charge is 0.318 e. The van der Waals surface area contributed by atoms with E-state index in [-0.39, 0.29) is 23.9 Å². The molecule has 3 nitrogen and oxygen atoms in total. The van der Waals surface area contributed by atoms with E-state index >= 15 is 0 Å². The van der Waals surface area contributed by atoms with Gasteiger partial charge in [0.1, 0.15) is 5.82 Å². The highest BCUT2D eigenvalue weighted by Gasteiger charge is 2.39. The minimum absolute atomic E-state index is 0.0217. The fourth-order valence-corrected chi connectivity index (χ4v) is 5.55. The first-order valence-electron chi connectivity index (χ1n) is 12.3. The molecule has 6 rings (SSSR count). The van der Waals surface area contributed by atoms with Crippen molar-refractivity contribution in [1.29, 1.82) is 0 Å². The number of halogens is 1. The van der Waals surface area contributed by atoms with E-state index in [0.717, 1.165) is 41.5 Å². The topological polar surface area (TPSA) is 32.3 Å². The van der Waals surface area contributed by atoms with Gasteiger partial charge in [-0.15, -0.1) is 0 Å². The quantitative estimate of drug-likeness (QED) is 0.342. The maximum absolute atomic E-state index is 15.0. The van der Waals surface area contributed by atoms with Crippen LogP contribution in [0.25, 0.3) is 27.5 Å². The van der Waals surface area contributed by atoms with Crippen molar-refractivity contribution in [3.8, 4) is 11.1 Å². The summed E-state index contributed by atoms with van der Waals surface area (Å²) in [4.78, 5) is 15.1. The number of carbonyl (C=O) groups is 1. The molecule has 2 amide bonds. The van der Waals surface area contributed by atoms with Gasteiger partial charge in [-0.25, -0.2) is 9.18 Å². The lowest BCUT2D eigenvalue weighted by Crippen LogP contribution is -2.48. The fraction of sp³-hybridized carbons (Fsp3) is 0.194. The summed E-state index contributed by atoms with van der Waals surface area (Å²) in [7, 11) is 0. The van der Waals surface area contributed by atoms with E-state index < -0.39 is 0 Å². The second-order valence-electron chi connectivity index (χ2n) is 9.50. The molecular weight excluding hydrogens is 435 g/mol. The molecule has 4 aromatic rings. The molecule has 2 heterocycles. The summed E-state index contributed by atoms with van der Waals surface area (Å²) < 4.78 is 15.0. The standard InChI is InChI=1S/C31H27FN2O/c32-30-19-25(12-15-29(30)23-7-2-1-3-8-23)26-17-27-13-14-28(18-26)34(27)31(35)33-20-21-10-11-22-6-4-5-9-24(22)16-21/h1-12,15-17,19,27-28H,13-14,18,20H2,(H,33,35). The number of hydrogen-bond acceptors (Lipinski definition) is 1. The van der Waals surface area contributed by atoms with Crippen LogP contribution in [0.2, 0.25) is 0 Å². The van der Waals surface area contributed by atoms with Crippen LogP contribution in [0.4, 0.5) is 9.18 Å². The fourth-order valence-electron chi connectivity index (χ4n) is 5.55. The van der Waals surface area contributed by atoms with Crippen molar-refractivity contribution in [2.45, 2.75) is 37.9 Å². The van der Waals surface area contributed by atoms with Gasteiger partial charge >= 0.3 is 6.03 Å². The van der Waals surface area contributed by atoms with Crippen LogP contribution in [0.5, 0.6) is 0 Å².